The van der Waals surface area contributed by atoms with Gasteiger partial charge in [-0.3, -0.25) is 0 Å². The van der Waals surface area contributed by atoms with Crippen LogP contribution in [0.2, 0.25) is 0 Å². The number of carbonyl (C=O) groups excluding carboxylic acids is 1. The first-order chi connectivity index (χ1) is 13.1. The molecule has 3 nitrogen and oxygen atoms in total. The summed E-state index contributed by atoms with van der Waals surface area (Å²) in [6, 6.07) is 14.8. The van der Waals surface area contributed by atoms with Crippen molar-refractivity contribution in [2.45, 2.75) is 52.4 Å². The van der Waals surface area contributed by atoms with E-state index in [9.17, 15) is 4.79 Å². The van der Waals surface area contributed by atoms with E-state index in [4.69, 9.17) is 4.74 Å². The van der Waals surface area contributed by atoms with Crippen LogP contribution in [0.1, 0.15) is 73.0 Å². The summed E-state index contributed by atoms with van der Waals surface area (Å²) >= 11 is 0. The second-order valence-electron chi connectivity index (χ2n) is 7.58. The fraction of sp³-hybridized carbons (Fsp3) is 0.458. The summed E-state index contributed by atoms with van der Waals surface area (Å²) in [5.74, 6) is 0.878. The number of nitrogens with one attached hydrogen (secondary N) is 1. The highest BCUT2D eigenvalue weighted by molar-refractivity contribution is 5.97. The predicted octanol–water partition coefficient (Wildman–Crippen LogP) is 5.79. The fourth-order valence-electron chi connectivity index (χ4n) is 4.28. The van der Waals surface area contributed by atoms with E-state index >= 15 is 0 Å². The van der Waals surface area contributed by atoms with Gasteiger partial charge in [-0.05, 0) is 54.4 Å². The molecule has 0 amide bonds. The molecule has 0 saturated heterocycles. The van der Waals surface area contributed by atoms with Gasteiger partial charge in [-0.25, -0.2) is 4.79 Å². The van der Waals surface area contributed by atoms with E-state index in [0.29, 0.717) is 24.0 Å². The monoisotopic (exact) mass is 365 g/mol. The molecule has 2 unspecified atom stereocenters. The van der Waals surface area contributed by atoms with Crippen LogP contribution in [0.3, 0.4) is 0 Å². The first-order valence-electron chi connectivity index (χ1n) is 10.3. The van der Waals surface area contributed by atoms with Crippen LogP contribution in [-0.4, -0.2) is 19.1 Å². The molecule has 1 N–H and O–H groups in total. The van der Waals surface area contributed by atoms with Gasteiger partial charge >= 0.3 is 5.97 Å². The van der Waals surface area contributed by atoms with E-state index in [0.717, 1.165) is 25.1 Å². The van der Waals surface area contributed by atoms with Crippen LogP contribution in [0.15, 0.2) is 42.5 Å². The Kier molecular flexibility index (Phi) is 6.54. The SMILES string of the molecule is CCCC(C)C1CCNc2c(C(=O)OCC)cc(Cc3ccccc3)cc21. The van der Waals surface area contributed by atoms with Gasteiger partial charge in [0.15, 0.2) is 0 Å². The third kappa shape index (κ3) is 4.52. The molecule has 0 aliphatic carbocycles. The van der Waals surface area contributed by atoms with Crippen LogP contribution in [0, 0.1) is 5.92 Å². The molecule has 0 fully saturated rings. The van der Waals surface area contributed by atoms with Crippen molar-refractivity contribution in [1.29, 1.82) is 0 Å². The summed E-state index contributed by atoms with van der Waals surface area (Å²) < 4.78 is 5.36. The normalized spacial score (nSPS) is 16.9. The first-order valence-corrected chi connectivity index (χ1v) is 10.3. The summed E-state index contributed by atoms with van der Waals surface area (Å²) in [5, 5.41) is 3.49. The number of rotatable bonds is 7. The average Bonchev–Trinajstić information content (AvgIpc) is 2.68. The third-order valence-electron chi connectivity index (χ3n) is 5.56. The van der Waals surface area contributed by atoms with Gasteiger partial charge in [0.05, 0.1) is 17.9 Å². The molecule has 27 heavy (non-hydrogen) atoms. The lowest BCUT2D eigenvalue weighted by Gasteiger charge is -2.33. The molecule has 0 aromatic heterocycles. The number of hydrogen-bond acceptors (Lipinski definition) is 3. The third-order valence-corrected chi connectivity index (χ3v) is 5.56. The standard InChI is InChI=1S/C24H31NO2/c1-4-9-17(3)20-12-13-25-23-21(20)15-19(14-18-10-7-6-8-11-18)16-22(23)24(26)27-5-2/h6-8,10-11,15-17,20,25H,4-5,9,12-14H2,1-3H3. The Labute approximate surface area is 163 Å². The smallest absolute Gasteiger partial charge is 0.340 e. The lowest BCUT2D eigenvalue weighted by molar-refractivity contribution is 0.0527. The minimum atomic E-state index is -0.222. The van der Waals surface area contributed by atoms with Gasteiger partial charge in [0.1, 0.15) is 0 Å². The van der Waals surface area contributed by atoms with Gasteiger partial charge in [-0.1, -0.05) is 63.1 Å². The zero-order valence-corrected chi connectivity index (χ0v) is 16.8. The second kappa shape index (κ2) is 9.07. The van der Waals surface area contributed by atoms with Gasteiger partial charge in [0.2, 0.25) is 0 Å². The zero-order valence-electron chi connectivity index (χ0n) is 16.8. The van der Waals surface area contributed by atoms with Crippen molar-refractivity contribution in [2.75, 3.05) is 18.5 Å². The number of esters is 1. The van der Waals surface area contributed by atoms with Crippen molar-refractivity contribution in [1.82, 2.24) is 0 Å². The number of benzene rings is 2. The van der Waals surface area contributed by atoms with E-state index in [1.807, 2.05) is 19.1 Å². The van der Waals surface area contributed by atoms with Gasteiger partial charge < -0.3 is 10.1 Å². The molecule has 2 aromatic rings. The highest BCUT2D eigenvalue weighted by Gasteiger charge is 2.29. The van der Waals surface area contributed by atoms with Crippen molar-refractivity contribution in [3.05, 3.63) is 64.7 Å². The number of ether oxygens (including phenoxy) is 1. The van der Waals surface area contributed by atoms with E-state index < -0.39 is 0 Å². The lowest BCUT2D eigenvalue weighted by atomic mass is 9.78. The average molecular weight is 366 g/mol. The molecule has 1 aliphatic rings. The Hall–Kier alpha value is -2.29. The highest BCUT2D eigenvalue weighted by Crippen LogP contribution is 2.41. The van der Waals surface area contributed by atoms with Crippen molar-refractivity contribution < 1.29 is 9.53 Å². The molecular formula is C24H31NO2. The molecule has 2 atom stereocenters. The van der Waals surface area contributed by atoms with Crippen LogP contribution in [-0.2, 0) is 11.2 Å². The summed E-state index contributed by atoms with van der Waals surface area (Å²) in [7, 11) is 0. The largest absolute Gasteiger partial charge is 0.462 e. The predicted molar refractivity (Wildman–Crippen MR) is 112 cm³/mol. The minimum absolute atomic E-state index is 0.222. The Morgan fingerprint density at radius 2 is 1.96 bits per heavy atom. The van der Waals surface area contributed by atoms with Crippen molar-refractivity contribution in [2.24, 2.45) is 5.92 Å². The Morgan fingerprint density at radius 3 is 2.67 bits per heavy atom. The highest BCUT2D eigenvalue weighted by atomic mass is 16.5. The van der Waals surface area contributed by atoms with Crippen LogP contribution in [0.4, 0.5) is 5.69 Å². The Balaban J connectivity index is 2.04. The summed E-state index contributed by atoms with van der Waals surface area (Å²) in [6.45, 7) is 7.76. The number of anilines is 1. The van der Waals surface area contributed by atoms with Gasteiger partial charge in [-0.2, -0.15) is 0 Å². The summed E-state index contributed by atoms with van der Waals surface area (Å²) in [5.41, 5.74) is 5.41. The maximum Gasteiger partial charge on any atom is 0.340 e. The maximum absolute atomic E-state index is 12.7. The molecule has 0 bridgehead atoms. The molecule has 3 heteroatoms. The van der Waals surface area contributed by atoms with Gasteiger partial charge in [-0.15, -0.1) is 0 Å². The van der Waals surface area contributed by atoms with Crippen molar-refractivity contribution in [3.63, 3.8) is 0 Å². The maximum atomic E-state index is 12.7. The fourth-order valence-corrected chi connectivity index (χ4v) is 4.28. The van der Waals surface area contributed by atoms with Crippen LogP contribution >= 0.6 is 0 Å². The van der Waals surface area contributed by atoms with Crippen molar-refractivity contribution in [3.8, 4) is 0 Å². The Morgan fingerprint density at radius 1 is 1.19 bits per heavy atom. The van der Waals surface area contributed by atoms with Gasteiger partial charge in [0.25, 0.3) is 0 Å². The summed E-state index contributed by atoms with van der Waals surface area (Å²) in [6.07, 6.45) is 4.34. The quantitative estimate of drug-likeness (QED) is 0.631. The van der Waals surface area contributed by atoms with E-state index in [2.05, 4.69) is 49.5 Å². The molecule has 0 saturated carbocycles. The van der Waals surface area contributed by atoms with E-state index in [1.54, 1.807) is 0 Å². The zero-order chi connectivity index (χ0) is 19.2. The first kappa shape index (κ1) is 19.5. The number of hydrogen-bond donors (Lipinski definition) is 1. The molecule has 3 rings (SSSR count). The number of fused-ring (bicyclic) bond motifs is 1. The van der Waals surface area contributed by atoms with Crippen LogP contribution < -0.4 is 5.32 Å². The topological polar surface area (TPSA) is 38.3 Å². The van der Waals surface area contributed by atoms with Crippen molar-refractivity contribution >= 4 is 11.7 Å². The van der Waals surface area contributed by atoms with Crippen LogP contribution in [0.5, 0.6) is 0 Å². The summed E-state index contributed by atoms with van der Waals surface area (Å²) in [4.78, 5) is 12.7. The Bertz CT molecular complexity index is 769. The molecule has 1 heterocycles. The molecule has 2 aromatic carbocycles. The molecule has 0 spiro atoms. The van der Waals surface area contributed by atoms with E-state index in [-0.39, 0.29) is 5.97 Å². The molecule has 0 radical (unpaired) electrons. The second-order valence-corrected chi connectivity index (χ2v) is 7.58. The number of carbonyl (C=O) groups is 1. The lowest BCUT2D eigenvalue weighted by Crippen LogP contribution is -2.24. The minimum Gasteiger partial charge on any atom is -0.462 e. The molecular weight excluding hydrogens is 334 g/mol. The van der Waals surface area contributed by atoms with Gasteiger partial charge in [0, 0.05) is 6.54 Å². The van der Waals surface area contributed by atoms with E-state index in [1.165, 1.54) is 29.5 Å². The molecule has 144 valence electrons. The molecule has 1 aliphatic heterocycles. The van der Waals surface area contributed by atoms with Crippen LogP contribution in [0.25, 0.3) is 0 Å².